The molecule has 3 N–H and O–H groups in total. The fourth-order valence-corrected chi connectivity index (χ4v) is 5.88. The highest BCUT2D eigenvalue weighted by molar-refractivity contribution is 6.25. The number of hydrogen-bond donors (Lipinski definition) is 3. The Labute approximate surface area is 200 Å². The van der Waals surface area contributed by atoms with Gasteiger partial charge in [-0.25, -0.2) is 0 Å². The molecular weight excluding hydrogens is 452 g/mol. The quantitative estimate of drug-likeness (QED) is 0.451. The lowest BCUT2D eigenvalue weighted by Crippen LogP contribution is -2.56. The van der Waals surface area contributed by atoms with Crippen molar-refractivity contribution in [1.82, 2.24) is 0 Å². The molecule has 1 aromatic heterocycles. The Morgan fingerprint density at radius 2 is 1.89 bits per heavy atom. The van der Waals surface area contributed by atoms with Crippen LogP contribution in [0.4, 0.5) is 0 Å². The summed E-state index contributed by atoms with van der Waals surface area (Å²) in [7, 11) is 0. The van der Waals surface area contributed by atoms with Crippen LogP contribution >= 0.6 is 0 Å². The zero-order valence-electron chi connectivity index (χ0n) is 19.3. The van der Waals surface area contributed by atoms with E-state index in [0.717, 1.165) is 0 Å². The van der Waals surface area contributed by atoms with Crippen molar-refractivity contribution in [3.8, 4) is 5.75 Å². The van der Waals surface area contributed by atoms with Gasteiger partial charge in [0.1, 0.15) is 11.5 Å². The molecule has 0 radical (unpaired) electrons. The van der Waals surface area contributed by atoms with E-state index in [-0.39, 0.29) is 58.8 Å². The summed E-state index contributed by atoms with van der Waals surface area (Å²) in [6.07, 6.45) is 1.97. The third-order valence-electron chi connectivity index (χ3n) is 7.52. The first kappa shape index (κ1) is 23.0. The van der Waals surface area contributed by atoms with Gasteiger partial charge in [0.15, 0.2) is 22.9 Å². The van der Waals surface area contributed by atoms with Crippen molar-refractivity contribution < 1.29 is 38.9 Å². The van der Waals surface area contributed by atoms with Crippen molar-refractivity contribution >= 4 is 23.1 Å². The number of rotatable bonds is 4. The van der Waals surface area contributed by atoms with Gasteiger partial charge >= 0.3 is 0 Å². The summed E-state index contributed by atoms with van der Waals surface area (Å²) in [5, 5.41) is 33.5. The van der Waals surface area contributed by atoms with Crippen molar-refractivity contribution in [3.63, 3.8) is 0 Å². The number of allylic oxidation sites excluding steroid dienone is 2. The zero-order valence-corrected chi connectivity index (χ0v) is 19.3. The Balaban J connectivity index is 1.58. The molecule has 0 saturated heterocycles. The molecule has 3 aliphatic carbocycles. The average molecular weight is 476 g/mol. The lowest BCUT2D eigenvalue weighted by Gasteiger charge is -2.46. The molecule has 2 aromatic rings. The van der Waals surface area contributed by atoms with Crippen LogP contribution in [0.5, 0.6) is 5.75 Å². The van der Waals surface area contributed by atoms with Gasteiger partial charge in [-0.1, -0.05) is 17.7 Å². The summed E-state index contributed by atoms with van der Waals surface area (Å²) in [4.78, 5) is 51.3. The van der Waals surface area contributed by atoms with Crippen LogP contribution in [0.2, 0.25) is 0 Å². The summed E-state index contributed by atoms with van der Waals surface area (Å²) in [5.41, 5.74) is -1.38. The number of Topliss-reactive ketones (excluding diaryl/α,β-unsaturated/α-hetero) is 4. The molecule has 0 aliphatic heterocycles. The summed E-state index contributed by atoms with van der Waals surface area (Å²) < 4.78 is 5.10. The molecule has 0 amide bonds. The lowest BCUT2D eigenvalue weighted by molar-refractivity contribution is -0.143. The zero-order chi connectivity index (χ0) is 25.2. The standard InChI is InChI=1S/C27H24O8/c1-12-8-17-10-16-9-14-5-6-15(11-18(29)19-4-3-7-35-19)23(30)21(14)24(31)22(16)26(33)27(17,34)25(32)20(12)13(2)28/h3-7,16-17,30,33-34H,8-11H2,1-2H3/t16-,17+,27+/m1/s1. The molecule has 1 heterocycles. The number of fused-ring (bicyclic) bond motifs is 3. The van der Waals surface area contributed by atoms with E-state index in [9.17, 15) is 34.5 Å². The number of phenols is 1. The van der Waals surface area contributed by atoms with Gasteiger partial charge in [-0.15, -0.1) is 0 Å². The molecule has 0 unspecified atom stereocenters. The van der Waals surface area contributed by atoms with E-state index in [4.69, 9.17) is 4.42 Å². The first-order chi connectivity index (χ1) is 16.6. The molecule has 0 bridgehead atoms. The first-order valence-corrected chi connectivity index (χ1v) is 11.4. The highest BCUT2D eigenvalue weighted by atomic mass is 16.3. The first-order valence-electron chi connectivity index (χ1n) is 11.4. The number of ketones is 4. The van der Waals surface area contributed by atoms with Crippen LogP contribution in [0.3, 0.4) is 0 Å². The third-order valence-corrected chi connectivity index (χ3v) is 7.52. The number of carbonyl (C=O) groups is 4. The van der Waals surface area contributed by atoms with Gasteiger partial charge in [0.05, 0.1) is 17.4 Å². The van der Waals surface area contributed by atoms with Crippen LogP contribution in [0.1, 0.15) is 58.7 Å². The topological polar surface area (TPSA) is 142 Å². The predicted octanol–water partition coefficient (Wildman–Crippen LogP) is 3.21. The summed E-state index contributed by atoms with van der Waals surface area (Å²) in [6.45, 7) is 2.89. The van der Waals surface area contributed by atoms with E-state index in [2.05, 4.69) is 0 Å². The van der Waals surface area contributed by atoms with Crippen molar-refractivity contribution in [2.24, 2.45) is 11.8 Å². The van der Waals surface area contributed by atoms with Crippen molar-refractivity contribution in [1.29, 1.82) is 0 Å². The number of aliphatic hydroxyl groups is 2. The highest BCUT2D eigenvalue weighted by Crippen LogP contribution is 2.51. The van der Waals surface area contributed by atoms with Gasteiger partial charge in [0.25, 0.3) is 0 Å². The van der Waals surface area contributed by atoms with E-state index in [1.807, 2.05) is 0 Å². The number of carbonyl (C=O) groups excluding carboxylic acids is 4. The molecule has 0 spiro atoms. The number of aliphatic hydroxyl groups excluding tert-OH is 1. The fraction of sp³-hybridized carbons (Fsp3) is 0.333. The second kappa shape index (κ2) is 7.88. The number of furan rings is 1. The number of benzene rings is 1. The van der Waals surface area contributed by atoms with Gasteiger partial charge in [-0.05, 0) is 56.7 Å². The second-order valence-electron chi connectivity index (χ2n) is 9.62. The lowest BCUT2D eigenvalue weighted by atomic mass is 9.59. The van der Waals surface area contributed by atoms with Crippen LogP contribution in [0.15, 0.2) is 57.4 Å². The summed E-state index contributed by atoms with van der Waals surface area (Å²) in [6, 6.07) is 6.34. The molecule has 8 heteroatoms. The number of hydrogen-bond acceptors (Lipinski definition) is 8. The number of aromatic hydroxyl groups is 1. The third kappa shape index (κ3) is 3.24. The summed E-state index contributed by atoms with van der Waals surface area (Å²) >= 11 is 0. The van der Waals surface area contributed by atoms with Crippen LogP contribution in [0.25, 0.3) is 0 Å². The maximum atomic E-state index is 13.6. The van der Waals surface area contributed by atoms with Crippen LogP contribution in [0, 0.1) is 11.8 Å². The van der Waals surface area contributed by atoms with Gasteiger partial charge in [-0.3, -0.25) is 19.2 Å². The Kier molecular flexibility index (Phi) is 5.18. The van der Waals surface area contributed by atoms with Crippen molar-refractivity contribution in [3.05, 3.63) is 75.5 Å². The largest absolute Gasteiger partial charge is 0.508 e. The SMILES string of the molecule is CC(=O)C1=C(C)C[C@H]2C[C@H]3Cc4ccc(CC(=O)c5ccco5)c(O)c4C(=O)C3=C(O)[C@@]2(O)C1=O. The molecule has 180 valence electrons. The molecule has 0 fully saturated rings. The Hall–Kier alpha value is -3.78. The normalized spacial score (nSPS) is 25.8. The molecule has 35 heavy (non-hydrogen) atoms. The molecule has 5 rings (SSSR count). The Morgan fingerprint density at radius 3 is 2.54 bits per heavy atom. The number of phenolic OH excluding ortho intramolecular Hbond substituents is 1. The molecule has 3 aliphatic rings. The molecule has 1 aromatic carbocycles. The minimum absolute atomic E-state index is 0.0589. The monoisotopic (exact) mass is 476 g/mol. The average Bonchev–Trinajstić information content (AvgIpc) is 3.33. The molecule has 8 nitrogen and oxygen atoms in total. The van der Waals surface area contributed by atoms with Gasteiger partial charge in [0, 0.05) is 23.5 Å². The van der Waals surface area contributed by atoms with Gasteiger partial charge < -0.3 is 19.7 Å². The molecular formula is C27H24O8. The highest BCUT2D eigenvalue weighted by Gasteiger charge is 2.58. The Bertz CT molecular complexity index is 1370. The maximum absolute atomic E-state index is 13.6. The smallest absolute Gasteiger partial charge is 0.205 e. The predicted molar refractivity (Wildman–Crippen MR) is 122 cm³/mol. The second-order valence-corrected chi connectivity index (χ2v) is 9.62. The minimum atomic E-state index is -2.37. The minimum Gasteiger partial charge on any atom is -0.508 e. The van der Waals surface area contributed by atoms with Crippen molar-refractivity contribution in [2.75, 3.05) is 0 Å². The van der Waals surface area contributed by atoms with E-state index in [1.165, 1.54) is 19.3 Å². The van der Waals surface area contributed by atoms with Crippen molar-refractivity contribution in [2.45, 2.75) is 45.1 Å². The maximum Gasteiger partial charge on any atom is 0.205 e. The molecule has 0 saturated carbocycles. The summed E-state index contributed by atoms with van der Waals surface area (Å²) in [5.74, 6) is -4.64. The van der Waals surface area contributed by atoms with E-state index in [0.29, 0.717) is 17.6 Å². The van der Waals surface area contributed by atoms with Crippen LogP contribution < -0.4 is 0 Å². The fourth-order valence-electron chi connectivity index (χ4n) is 5.88. The van der Waals surface area contributed by atoms with Gasteiger partial charge in [0.2, 0.25) is 11.6 Å². The molecule has 3 atom stereocenters. The van der Waals surface area contributed by atoms with Crippen LogP contribution in [-0.4, -0.2) is 44.1 Å². The van der Waals surface area contributed by atoms with E-state index < -0.39 is 40.5 Å². The Morgan fingerprint density at radius 1 is 1.14 bits per heavy atom. The van der Waals surface area contributed by atoms with Gasteiger partial charge in [-0.2, -0.15) is 0 Å². The van der Waals surface area contributed by atoms with E-state index >= 15 is 0 Å². The van der Waals surface area contributed by atoms with E-state index in [1.54, 1.807) is 25.1 Å². The van der Waals surface area contributed by atoms with Crippen LogP contribution in [-0.2, 0) is 22.4 Å².